The van der Waals surface area contributed by atoms with Crippen molar-refractivity contribution in [2.45, 2.75) is 12.3 Å². The second kappa shape index (κ2) is 3.56. The highest BCUT2D eigenvalue weighted by Crippen LogP contribution is 2.28. The van der Waals surface area contributed by atoms with Crippen molar-refractivity contribution >= 4 is 10.9 Å². The van der Waals surface area contributed by atoms with Gasteiger partial charge in [-0.05, 0) is 31.2 Å². The van der Waals surface area contributed by atoms with Crippen molar-refractivity contribution in [3.8, 4) is 0 Å². The molecule has 1 unspecified atom stereocenters. The molecule has 1 aromatic carbocycles. The third-order valence-electron chi connectivity index (χ3n) is 3.29. The van der Waals surface area contributed by atoms with E-state index in [-0.39, 0.29) is 5.82 Å². The maximum Gasteiger partial charge on any atom is 0.125 e. The normalized spacial score (nSPS) is 20.8. The van der Waals surface area contributed by atoms with Crippen LogP contribution in [-0.2, 0) is 7.05 Å². The van der Waals surface area contributed by atoms with E-state index in [1.165, 1.54) is 6.07 Å². The molecule has 0 spiro atoms. The summed E-state index contributed by atoms with van der Waals surface area (Å²) in [5, 5.41) is 8.94. The lowest BCUT2D eigenvalue weighted by Gasteiger charge is -2.03. The first kappa shape index (κ1) is 9.78. The highest BCUT2D eigenvalue weighted by molar-refractivity contribution is 5.82. The quantitative estimate of drug-likeness (QED) is 0.792. The predicted octanol–water partition coefficient (Wildman–Crippen LogP) is 1.79. The van der Waals surface area contributed by atoms with Gasteiger partial charge in [-0.2, -0.15) is 5.10 Å². The summed E-state index contributed by atoms with van der Waals surface area (Å²) in [6.07, 6.45) is 1.11. The summed E-state index contributed by atoms with van der Waals surface area (Å²) in [4.78, 5) is 0. The first-order valence-corrected chi connectivity index (χ1v) is 5.58. The largest absolute Gasteiger partial charge is 0.316 e. The molecule has 3 nitrogen and oxygen atoms in total. The van der Waals surface area contributed by atoms with Crippen molar-refractivity contribution in [2.75, 3.05) is 13.1 Å². The molecule has 4 heteroatoms. The number of aryl methyl sites for hydroxylation is 1. The van der Waals surface area contributed by atoms with Crippen LogP contribution in [0.15, 0.2) is 18.2 Å². The van der Waals surface area contributed by atoms with Crippen molar-refractivity contribution in [1.82, 2.24) is 15.1 Å². The molecule has 2 heterocycles. The Kier molecular flexibility index (Phi) is 2.17. The number of nitrogens with zero attached hydrogens (tertiary/aromatic N) is 2. The van der Waals surface area contributed by atoms with Gasteiger partial charge < -0.3 is 5.32 Å². The fourth-order valence-corrected chi connectivity index (χ4v) is 2.45. The van der Waals surface area contributed by atoms with Gasteiger partial charge in [0, 0.05) is 24.9 Å². The minimum Gasteiger partial charge on any atom is -0.316 e. The highest BCUT2D eigenvalue weighted by Gasteiger charge is 2.22. The topological polar surface area (TPSA) is 29.9 Å². The van der Waals surface area contributed by atoms with Crippen LogP contribution in [0.25, 0.3) is 10.9 Å². The molecule has 1 aliphatic heterocycles. The van der Waals surface area contributed by atoms with Crippen LogP contribution in [0.3, 0.4) is 0 Å². The summed E-state index contributed by atoms with van der Waals surface area (Å²) in [5.41, 5.74) is 1.98. The highest BCUT2D eigenvalue weighted by atomic mass is 19.1. The number of rotatable bonds is 1. The van der Waals surface area contributed by atoms with Crippen molar-refractivity contribution in [3.63, 3.8) is 0 Å². The van der Waals surface area contributed by atoms with Crippen LogP contribution in [0.1, 0.15) is 18.0 Å². The molecule has 0 saturated carbocycles. The summed E-state index contributed by atoms with van der Waals surface area (Å²) >= 11 is 0. The van der Waals surface area contributed by atoms with Gasteiger partial charge in [-0.3, -0.25) is 4.68 Å². The molecule has 1 aromatic heterocycles. The Hall–Kier alpha value is -1.42. The number of hydrogen-bond acceptors (Lipinski definition) is 2. The van der Waals surface area contributed by atoms with Gasteiger partial charge in [-0.1, -0.05) is 0 Å². The van der Waals surface area contributed by atoms with Crippen molar-refractivity contribution in [1.29, 1.82) is 0 Å². The fourth-order valence-electron chi connectivity index (χ4n) is 2.45. The second-order valence-electron chi connectivity index (χ2n) is 4.36. The van der Waals surface area contributed by atoms with Crippen molar-refractivity contribution in [2.24, 2.45) is 7.05 Å². The van der Waals surface area contributed by atoms with E-state index in [1.807, 2.05) is 13.1 Å². The first-order chi connectivity index (χ1) is 7.75. The Labute approximate surface area is 93.3 Å². The van der Waals surface area contributed by atoms with E-state index < -0.39 is 0 Å². The standard InChI is InChI=1S/C12H14FN3/c1-16-11-6-9(13)2-3-10(11)12(15-16)8-4-5-14-7-8/h2-3,6,8,14H,4-5,7H2,1H3. The van der Waals surface area contributed by atoms with E-state index in [1.54, 1.807) is 10.7 Å². The molecule has 1 fully saturated rings. The van der Waals surface area contributed by atoms with Crippen LogP contribution in [0.2, 0.25) is 0 Å². The zero-order valence-corrected chi connectivity index (χ0v) is 9.20. The van der Waals surface area contributed by atoms with E-state index in [0.717, 1.165) is 36.1 Å². The number of fused-ring (bicyclic) bond motifs is 1. The molecule has 3 rings (SSSR count). The summed E-state index contributed by atoms with van der Waals surface area (Å²) < 4.78 is 14.9. The molecule has 1 aliphatic rings. The Morgan fingerprint density at radius 1 is 1.50 bits per heavy atom. The zero-order chi connectivity index (χ0) is 11.1. The average Bonchev–Trinajstić information content (AvgIpc) is 2.87. The SMILES string of the molecule is Cn1nc(C2CCNC2)c2ccc(F)cc21. The third kappa shape index (κ3) is 1.41. The number of halogens is 1. The van der Waals surface area contributed by atoms with Crippen LogP contribution in [-0.4, -0.2) is 22.9 Å². The molecule has 0 radical (unpaired) electrons. The lowest BCUT2D eigenvalue weighted by Crippen LogP contribution is -2.08. The van der Waals surface area contributed by atoms with Gasteiger partial charge in [0.15, 0.2) is 0 Å². The number of hydrogen-bond donors (Lipinski definition) is 1. The molecule has 0 bridgehead atoms. The van der Waals surface area contributed by atoms with Gasteiger partial charge in [0.05, 0.1) is 11.2 Å². The van der Waals surface area contributed by atoms with Gasteiger partial charge in [-0.15, -0.1) is 0 Å². The molecule has 1 saturated heterocycles. The molecular formula is C12H14FN3. The predicted molar refractivity (Wildman–Crippen MR) is 60.9 cm³/mol. The Morgan fingerprint density at radius 3 is 3.12 bits per heavy atom. The number of benzene rings is 1. The summed E-state index contributed by atoms with van der Waals surface area (Å²) in [7, 11) is 1.87. The maximum atomic E-state index is 13.1. The van der Waals surface area contributed by atoms with Gasteiger partial charge in [0.2, 0.25) is 0 Å². The van der Waals surface area contributed by atoms with E-state index in [9.17, 15) is 4.39 Å². The minimum absolute atomic E-state index is 0.202. The summed E-state index contributed by atoms with van der Waals surface area (Å²) in [5.74, 6) is 0.265. The van der Waals surface area contributed by atoms with Crippen LogP contribution in [0.4, 0.5) is 4.39 Å². The Bertz CT molecular complexity index is 526. The summed E-state index contributed by atoms with van der Waals surface area (Å²) in [6.45, 7) is 2.02. The van der Waals surface area contributed by atoms with Gasteiger partial charge >= 0.3 is 0 Å². The van der Waals surface area contributed by atoms with E-state index >= 15 is 0 Å². The lowest BCUT2D eigenvalue weighted by molar-refractivity contribution is 0.628. The monoisotopic (exact) mass is 219 g/mol. The van der Waals surface area contributed by atoms with E-state index in [4.69, 9.17) is 0 Å². The molecule has 2 aromatic rings. The molecule has 16 heavy (non-hydrogen) atoms. The maximum absolute atomic E-state index is 13.1. The minimum atomic E-state index is -0.202. The smallest absolute Gasteiger partial charge is 0.125 e. The fraction of sp³-hybridized carbons (Fsp3) is 0.417. The third-order valence-corrected chi connectivity index (χ3v) is 3.29. The molecule has 0 amide bonds. The average molecular weight is 219 g/mol. The molecule has 1 atom stereocenters. The molecule has 1 N–H and O–H groups in total. The van der Waals surface area contributed by atoms with Gasteiger partial charge in [-0.25, -0.2) is 4.39 Å². The molecular weight excluding hydrogens is 205 g/mol. The van der Waals surface area contributed by atoms with E-state index in [2.05, 4.69) is 10.4 Å². The Balaban J connectivity index is 2.18. The van der Waals surface area contributed by atoms with Crippen LogP contribution < -0.4 is 5.32 Å². The number of aromatic nitrogens is 2. The first-order valence-electron chi connectivity index (χ1n) is 5.58. The van der Waals surface area contributed by atoms with Crippen LogP contribution in [0, 0.1) is 5.82 Å². The molecule has 0 aliphatic carbocycles. The van der Waals surface area contributed by atoms with Gasteiger partial charge in [0.25, 0.3) is 0 Å². The zero-order valence-electron chi connectivity index (χ0n) is 9.20. The number of nitrogens with one attached hydrogen (secondary N) is 1. The van der Waals surface area contributed by atoms with Crippen LogP contribution >= 0.6 is 0 Å². The van der Waals surface area contributed by atoms with Gasteiger partial charge in [0.1, 0.15) is 5.82 Å². The lowest BCUT2D eigenvalue weighted by atomic mass is 10.0. The second-order valence-corrected chi connectivity index (χ2v) is 4.36. The summed E-state index contributed by atoms with van der Waals surface area (Å²) in [6, 6.07) is 4.90. The molecule has 84 valence electrons. The van der Waals surface area contributed by atoms with Crippen LogP contribution in [0.5, 0.6) is 0 Å². The van der Waals surface area contributed by atoms with Crippen molar-refractivity contribution in [3.05, 3.63) is 29.7 Å². The van der Waals surface area contributed by atoms with Crippen molar-refractivity contribution < 1.29 is 4.39 Å². The van der Waals surface area contributed by atoms with E-state index in [0.29, 0.717) is 5.92 Å². The Morgan fingerprint density at radius 2 is 2.38 bits per heavy atom.